The molecule has 1 amide bonds. The molecule has 0 atom stereocenters. The van der Waals surface area contributed by atoms with E-state index in [4.69, 9.17) is 15.8 Å². The van der Waals surface area contributed by atoms with Gasteiger partial charge in [-0.3, -0.25) is 4.79 Å². The van der Waals surface area contributed by atoms with Gasteiger partial charge in [-0.25, -0.2) is 0 Å². The molecule has 1 aliphatic carbocycles. The number of benzene rings is 2. The predicted molar refractivity (Wildman–Crippen MR) is 90.9 cm³/mol. The van der Waals surface area contributed by atoms with Gasteiger partial charge in [-0.1, -0.05) is 17.7 Å². The van der Waals surface area contributed by atoms with Gasteiger partial charge in [0, 0.05) is 16.6 Å². The second-order valence-electron chi connectivity index (χ2n) is 5.72. The second-order valence-corrected chi connectivity index (χ2v) is 7.67. The van der Waals surface area contributed by atoms with Crippen molar-refractivity contribution >= 4 is 27.6 Å². The molecule has 5 nitrogen and oxygen atoms in total. The molecule has 2 aromatic rings. The maximum absolute atomic E-state index is 12.4. The van der Waals surface area contributed by atoms with Crippen molar-refractivity contribution in [3.05, 3.63) is 58.6 Å². The van der Waals surface area contributed by atoms with Crippen LogP contribution in [0.5, 0.6) is 5.75 Å². The normalized spacial score (nSPS) is 14.2. The highest BCUT2D eigenvalue weighted by atomic mass is 35.5. The van der Waals surface area contributed by atoms with Gasteiger partial charge in [-0.2, -0.15) is 8.42 Å². The van der Waals surface area contributed by atoms with Gasteiger partial charge in [0.2, 0.25) is 0 Å². The average molecular weight is 366 g/mol. The van der Waals surface area contributed by atoms with E-state index in [1.54, 1.807) is 19.1 Å². The molecule has 1 N–H and O–H groups in total. The zero-order valence-electron chi connectivity index (χ0n) is 13.0. The van der Waals surface area contributed by atoms with E-state index < -0.39 is 10.1 Å². The summed E-state index contributed by atoms with van der Waals surface area (Å²) in [6.07, 6.45) is 2.01. The lowest BCUT2D eigenvalue weighted by molar-refractivity contribution is 0.0951. The van der Waals surface area contributed by atoms with Gasteiger partial charge in [-0.05, 0) is 61.7 Å². The average Bonchev–Trinajstić information content (AvgIpc) is 3.34. The van der Waals surface area contributed by atoms with Gasteiger partial charge < -0.3 is 9.50 Å². The Morgan fingerprint density at radius 2 is 1.83 bits per heavy atom. The lowest BCUT2D eigenvalue weighted by Crippen LogP contribution is -2.25. The van der Waals surface area contributed by atoms with Crippen molar-refractivity contribution in [2.45, 2.75) is 30.7 Å². The third-order valence-corrected chi connectivity index (χ3v) is 5.28. The van der Waals surface area contributed by atoms with Crippen molar-refractivity contribution in [1.29, 1.82) is 0 Å². The molecule has 0 saturated heterocycles. The smallest absolute Gasteiger partial charge is 0.339 e. The van der Waals surface area contributed by atoms with Crippen molar-refractivity contribution in [2.24, 2.45) is 0 Å². The molecule has 24 heavy (non-hydrogen) atoms. The Labute approximate surface area is 145 Å². The molecule has 0 heterocycles. The van der Waals surface area contributed by atoms with Crippen molar-refractivity contribution in [3.8, 4) is 5.75 Å². The summed E-state index contributed by atoms with van der Waals surface area (Å²) in [5.74, 6) is -0.0325. The van der Waals surface area contributed by atoms with Gasteiger partial charge in [0.15, 0.2) is 0 Å². The maximum Gasteiger partial charge on any atom is 0.339 e. The second kappa shape index (κ2) is 6.45. The molecule has 0 bridgehead atoms. The van der Waals surface area contributed by atoms with E-state index in [9.17, 15) is 13.2 Å². The van der Waals surface area contributed by atoms with E-state index >= 15 is 0 Å². The van der Waals surface area contributed by atoms with Crippen molar-refractivity contribution in [1.82, 2.24) is 5.32 Å². The summed E-state index contributed by atoms with van der Waals surface area (Å²) in [4.78, 5) is 11.9. The highest BCUT2D eigenvalue weighted by Crippen LogP contribution is 2.25. The summed E-state index contributed by atoms with van der Waals surface area (Å²) in [5, 5.41) is 3.18. The first-order valence-corrected chi connectivity index (χ1v) is 9.25. The highest BCUT2D eigenvalue weighted by molar-refractivity contribution is 7.87. The molecular formula is C17H16ClNO4S. The van der Waals surface area contributed by atoms with Crippen LogP contribution in [0.4, 0.5) is 0 Å². The first-order valence-electron chi connectivity index (χ1n) is 7.47. The van der Waals surface area contributed by atoms with Gasteiger partial charge in [-0.15, -0.1) is 0 Å². The molecule has 126 valence electrons. The minimum Gasteiger partial charge on any atom is -0.379 e. The fourth-order valence-electron chi connectivity index (χ4n) is 2.17. The first kappa shape index (κ1) is 16.8. The SMILES string of the molecule is Cc1ccc(Cl)cc1S(=O)(=O)Oc1ccc(C(=O)NC2CC2)cc1. The number of aryl methyl sites for hydroxylation is 1. The molecule has 1 aliphatic rings. The Kier molecular flexibility index (Phi) is 4.51. The van der Waals surface area contributed by atoms with Crippen molar-refractivity contribution in [2.75, 3.05) is 0 Å². The fraction of sp³-hybridized carbons (Fsp3) is 0.235. The lowest BCUT2D eigenvalue weighted by atomic mass is 10.2. The Bertz CT molecular complexity index is 874. The molecule has 3 rings (SSSR count). The van der Waals surface area contributed by atoms with E-state index in [1.807, 2.05) is 0 Å². The number of hydrogen-bond acceptors (Lipinski definition) is 4. The van der Waals surface area contributed by atoms with Crippen LogP contribution in [0.2, 0.25) is 5.02 Å². The molecule has 0 radical (unpaired) electrons. The van der Waals surface area contributed by atoms with Crippen LogP contribution in [0.1, 0.15) is 28.8 Å². The van der Waals surface area contributed by atoms with Crippen LogP contribution in [0.15, 0.2) is 47.4 Å². The molecule has 7 heteroatoms. The third-order valence-electron chi connectivity index (χ3n) is 3.65. The Hall–Kier alpha value is -2.05. The lowest BCUT2D eigenvalue weighted by Gasteiger charge is -2.10. The third kappa shape index (κ3) is 3.88. The Balaban J connectivity index is 1.77. The standard InChI is InChI=1S/C17H16ClNO4S/c1-11-2-5-13(18)10-16(11)24(21,22)23-15-8-3-12(4-9-15)17(20)19-14-6-7-14/h2-5,8-10,14H,6-7H2,1H3,(H,19,20). The molecule has 1 fully saturated rings. The van der Waals surface area contributed by atoms with Gasteiger partial charge in [0.05, 0.1) is 0 Å². The van der Waals surface area contributed by atoms with Gasteiger partial charge in [0.1, 0.15) is 10.6 Å². The topological polar surface area (TPSA) is 72.5 Å². The first-order chi connectivity index (χ1) is 11.3. The number of amides is 1. The zero-order chi connectivity index (χ0) is 17.3. The van der Waals surface area contributed by atoms with Crippen LogP contribution in [-0.4, -0.2) is 20.4 Å². The van der Waals surface area contributed by atoms with Crippen LogP contribution in [0.25, 0.3) is 0 Å². The molecular weight excluding hydrogens is 350 g/mol. The maximum atomic E-state index is 12.4. The summed E-state index contributed by atoms with van der Waals surface area (Å²) in [6.45, 7) is 1.66. The number of carbonyl (C=O) groups is 1. The summed E-state index contributed by atoms with van der Waals surface area (Å²) in [5.41, 5.74) is 1.01. The minimum atomic E-state index is -3.99. The quantitative estimate of drug-likeness (QED) is 0.825. The number of halogens is 1. The number of rotatable bonds is 5. The molecule has 1 saturated carbocycles. The largest absolute Gasteiger partial charge is 0.379 e. The van der Waals surface area contributed by atoms with E-state index in [0.717, 1.165) is 12.8 Å². The summed E-state index contributed by atoms with van der Waals surface area (Å²) in [6, 6.07) is 10.8. The van der Waals surface area contributed by atoms with E-state index in [1.165, 1.54) is 30.3 Å². The highest BCUT2D eigenvalue weighted by Gasteiger charge is 2.24. The van der Waals surface area contributed by atoms with Crippen LogP contribution >= 0.6 is 11.6 Å². The number of carbonyl (C=O) groups excluding carboxylic acids is 1. The van der Waals surface area contributed by atoms with Crippen LogP contribution in [0.3, 0.4) is 0 Å². The van der Waals surface area contributed by atoms with Gasteiger partial charge in [0.25, 0.3) is 5.91 Å². The summed E-state index contributed by atoms with van der Waals surface area (Å²) < 4.78 is 29.9. The van der Waals surface area contributed by atoms with E-state index in [2.05, 4.69) is 5.32 Å². The van der Waals surface area contributed by atoms with Crippen molar-refractivity contribution < 1.29 is 17.4 Å². The molecule has 0 aromatic heterocycles. The minimum absolute atomic E-state index is 0.0190. The van der Waals surface area contributed by atoms with Crippen molar-refractivity contribution in [3.63, 3.8) is 0 Å². The van der Waals surface area contributed by atoms with E-state index in [-0.39, 0.29) is 22.6 Å². The molecule has 0 unspecified atom stereocenters. The van der Waals surface area contributed by atoms with Crippen LogP contribution in [-0.2, 0) is 10.1 Å². The molecule has 0 spiro atoms. The van der Waals surface area contributed by atoms with Crippen LogP contribution < -0.4 is 9.50 Å². The number of nitrogens with one attached hydrogen (secondary N) is 1. The monoisotopic (exact) mass is 365 g/mol. The molecule has 2 aromatic carbocycles. The Morgan fingerprint density at radius 3 is 2.46 bits per heavy atom. The van der Waals surface area contributed by atoms with Gasteiger partial charge >= 0.3 is 10.1 Å². The predicted octanol–water partition coefficient (Wildman–Crippen LogP) is 3.31. The zero-order valence-corrected chi connectivity index (χ0v) is 14.5. The molecule has 0 aliphatic heterocycles. The fourth-order valence-corrected chi connectivity index (χ4v) is 3.60. The van der Waals surface area contributed by atoms with Crippen LogP contribution in [0, 0.1) is 6.92 Å². The summed E-state index contributed by atoms with van der Waals surface area (Å²) in [7, 11) is -3.99. The summed E-state index contributed by atoms with van der Waals surface area (Å²) >= 11 is 5.86. The number of hydrogen-bond donors (Lipinski definition) is 1. The van der Waals surface area contributed by atoms with E-state index in [0.29, 0.717) is 16.1 Å². The Morgan fingerprint density at radius 1 is 1.17 bits per heavy atom.